The second-order valence-corrected chi connectivity index (χ2v) is 4.03. The fourth-order valence-electron chi connectivity index (χ4n) is 1.86. The number of rotatable bonds is 1. The summed E-state index contributed by atoms with van der Waals surface area (Å²) in [6, 6.07) is 4.88. The number of fused-ring (bicyclic) bond motifs is 1. The van der Waals surface area contributed by atoms with Crippen LogP contribution in [-0.2, 0) is 0 Å². The number of nitrogens with zero attached hydrogens (tertiary/aromatic N) is 3. The van der Waals surface area contributed by atoms with Crippen molar-refractivity contribution in [3.63, 3.8) is 0 Å². The first-order valence-corrected chi connectivity index (χ1v) is 5.50. The summed E-state index contributed by atoms with van der Waals surface area (Å²) in [5.74, 6) is 0.678. The largest absolute Gasteiger partial charge is 0.441 e. The van der Waals surface area contributed by atoms with Crippen LogP contribution in [0.15, 0.2) is 28.8 Å². The van der Waals surface area contributed by atoms with E-state index < -0.39 is 5.82 Å². The minimum absolute atomic E-state index is 0.252. The van der Waals surface area contributed by atoms with Crippen LogP contribution < -0.4 is 0 Å². The van der Waals surface area contributed by atoms with Crippen molar-refractivity contribution in [1.82, 2.24) is 15.0 Å². The van der Waals surface area contributed by atoms with Crippen molar-refractivity contribution in [1.29, 1.82) is 0 Å². The molecule has 3 rings (SSSR count). The molecule has 0 spiro atoms. The van der Waals surface area contributed by atoms with Crippen LogP contribution in [0.3, 0.4) is 0 Å². The van der Waals surface area contributed by atoms with Crippen molar-refractivity contribution < 1.29 is 8.81 Å². The lowest BCUT2D eigenvalue weighted by atomic mass is 10.1. The van der Waals surface area contributed by atoms with Crippen molar-refractivity contribution in [3.8, 4) is 11.3 Å². The van der Waals surface area contributed by atoms with Gasteiger partial charge in [0.2, 0.25) is 0 Å². The molecule has 0 unspecified atom stereocenters. The van der Waals surface area contributed by atoms with Gasteiger partial charge in [0.1, 0.15) is 11.3 Å². The zero-order valence-corrected chi connectivity index (χ0v) is 9.94. The molecule has 0 amide bonds. The second kappa shape index (κ2) is 3.87. The van der Waals surface area contributed by atoms with Gasteiger partial charge < -0.3 is 4.42 Å². The van der Waals surface area contributed by atoms with Crippen molar-refractivity contribution in [2.24, 2.45) is 0 Å². The normalized spacial score (nSPS) is 11.1. The zero-order chi connectivity index (χ0) is 12.7. The van der Waals surface area contributed by atoms with Crippen LogP contribution in [0, 0.1) is 19.7 Å². The van der Waals surface area contributed by atoms with E-state index in [1.807, 2.05) is 0 Å². The summed E-state index contributed by atoms with van der Waals surface area (Å²) in [6.07, 6.45) is 1.64. The molecule has 0 atom stereocenters. The number of aryl methyl sites for hydroxylation is 2. The molecule has 2 aromatic heterocycles. The molecule has 0 bridgehead atoms. The Bertz CT molecular complexity index is 736. The van der Waals surface area contributed by atoms with Gasteiger partial charge in [-0.15, -0.1) is 0 Å². The van der Waals surface area contributed by atoms with E-state index in [9.17, 15) is 4.39 Å². The highest BCUT2D eigenvalue weighted by molar-refractivity contribution is 5.79. The van der Waals surface area contributed by atoms with E-state index in [1.54, 1.807) is 32.2 Å². The lowest BCUT2D eigenvalue weighted by molar-refractivity contribution is 0.561. The van der Waals surface area contributed by atoms with Gasteiger partial charge in [-0.25, -0.2) is 19.3 Å². The number of hydrogen-bond acceptors (Lipinski definition) is 4. The Kier molecular flexibility index (Phi) is 2.33. The lowest BCUT2D eigenvalue weighted by Crippen LogP contribution is -1.90. The van der Waals surface area contributed by atoms with Crippen LogP contribution in [-0.4, -0.2) is 15.0 Å². The van der Waals surface area contributed by atoms with Crippen molar-refractivity contribution in [2.75, 3.05) is 0 Å². The fourth-order valence-corrected chi connectivity index (χ4v) is 1.86. The molecule has 1 aromatic carbocycles. The molecule has 0 aliphatic rings. The maximum Gasteiger partial charge on any atom is 0.192 e. The van der Waals surface area contributed by atoms with Gasteiger partial charge in [-0.2, -0.15) is 0 Å². The number of benzene rings is 1. The van der Waals surface area contributed by atoms with Crippen LogP contribution >= 0.6 is 0 Å². The van der Waals surface area contributed by atoms with E-state index in [-0.39, 0.29) is 5.52 Å². The van der Waals surface area contributed by atoms with Crippen LogP contribution in [0.25, 0.3) is 22.4 Å². The first kappa shape index (κ1) is 10.8. The summed E-state index contributed by atoms with van der Waals surface area (Å²) in [5.41, 5.74) is 2.00. The van der Waals surface area contributed by atoms with Crippen LogP contribution in [0.5, 0.6) is 0 Å². The topological polar surface area (TPSA) is 51.8 Å². The zero-order valence-electron chi connectivity index (χ0n) is 9.94. The smallest absolute Gasteiger partial charge is 0.192 e. The van der Waals surface area contributed by atoms with E-state index in [0.717, 1.165) is 0 Å². The summed E-state index contributed by atoms with van der Waals surface area (Å²) in [7, 11) is 0. The van der Waals surface area contributed by atoms with Gasteiger partial charge in [0.15, 0.2) is 17.3 Å². The van der Waals surface area contributed by atoms with E-state index in [2.05, 4.69) is 15.0 Å². The summed E-state index contributed by atoms with van der Waals surface area (Å²) < 4.78 is 19.2. The lowest BCUT2D eigenvalue weighted by Gasteiger charge is -2.01. The summed E-state index contributed by atoms with van der Waals surface area (Å²) in [4.78, 5) is 12.3. The van der Waals surface area contributed by atoms with Crippen molar-refractivity contribution in [3.05, 3.63) is 41.9 Å². The van der Waals surface area contributed by atoms with Gasteiger partial charge in [0.25, 0.3) is 0 Å². The Balaban J connectivity index is 2.24. The molecule has 0 N–H and O–H groups in total. The van der Waals surface area contributed by atoms with E-state index in [1.165, 1.54) is 6.07 Å². The first-order chi connectivity index (χ1) is 8.63. The summed E-state index contributed by atoms with van der Waals surface area (Å²) >= 11 is 0. The van der Waals surface area contributed by atoms with Crippen LogP contribution in [0.1, 0.15) is 11.7 Å². The minimum atomic E-state index is -0.407. The quantitative estimate of drug-likeness (QED) is 0.659. The van der Waals surface area contributed by atoms with Crippen molar-refractivity contribution in [2.45, 2.75) is 13.8 Å². The standard InChI is InChI=1S/C13H10FN3O/c1-7-15-4-3-11(16-7)9-5-10(14)13-12(6-9)18-8(2)17-13/h3-6H,1-2H3. The maximum atomic E-state index is 13.9. The molecule has 0 radical (unpaired) electrons. The second-order valence-electron chi connectivity index (χ2n) is 4.03. The minimum Gasteiger partial charge on any atom is -0.441 e. The third-order valence-corrected chi connectivity index (χ3v) is 2.63. The Labute approximate surface area is 103 Å². The van der Waals surface area contributed by atoms with E-state index >= 15 is 0 Å². The average molecular weight is 243 g/mol. The molecule has 18 heavy (non-hydrogen) atoms. The number of hydrogen-bond donors (Lipinski definition) is 0. The van der Waals surface area contributed by atoms with Gasteiger partial charge in [0.05, 0.1) is 5.69 Å². The van der Waals surface area contributed by atoms with E-state index in [0.29, 0.717) is 28.6 Å². The third kappa shape index (κ3) is 1.73. The number of halogens is 1. The SMILES string of the molecule is Cc1nccc(-c2cc(F)c3nc(C)oc3c2)n1. The van der Waals surface area contributed by atoms with Gasteiger partial charge in [-0.3, -0.25) is 0 Å². The molecular formula is C13H10FN3O. The molecule has 2 heterocycles. The highest BCUT2D eigenvalue weighted by Gasteiger charge is 2.11. The summed E-state index contributed by atoms with van der Waals surface area (Å²) in [6.45, 7) is 3.48. The number of aromatic nitrogens is 3. The molecule has 4 nitrogen and oxygen atoms in total. The molecule has 0 saturated carbocycles. The molecular weight excluding hydrogens is 233 g/mol. The Hall–Kier alpha value is -2.30. The summed E-state index contributed by atoms with van der Waals surface area (Å²) in [5, 5.41) is 0. The molecule has 0 aliphatic carbocycles. The predicted octanol–water partition coefficient (Wildman–Crippen LogP) is 3.04. The maximum absolute atomic E-state index is 13.9. The molecule has 0 saturated heterocycles. The number of oxazole rings is 1. The highest BCUT2D eigenvalue weighted by Crippen LogP contribution is 2.26. The predicted molar refractivity (Wildman–Crippen MR) is 64.5 cm³/mol. The Morgan fingerprint density at radius 1 is 1.17 bits per heavy atom. The Morgan fingerprint density at radius 2 is 2.00 bits per heavy atom. The molecule has 5 heteroatoms. The van der Waals surface area contributed by atoms with Gasteiger partial charge >= 0.3 is 0 Å². The molecule has 0 fully saturated rings. The average Bonchev–Trinajstić information content (AvgIpc) is 2.70. The molecule has 90 valence electrons. The molecule has 0 aliphatic heterocycles. The first-order valence-electron chi connectivity index (χ1n) is 5.50. The van der Waals surface area contributed by atoms with Crippen LogP contribution in [0.4, 0.5) is 4.39 Å². The van der Waals surface area contributed by atoms with Gasteiger partial charge in [-0.05, 0) is 25.1 Å². The van der Waals surface area contributed by atoms with Crippen molar-refractivity contribution >= 4 is 11.1 Å². The monoisotopic (exact) mass is 243 g/mol. The Morgan fingerprint density at radius 3 is 2.78 bits per heavy atom. The fraction of sp³-hybridized carbons (Fsp3) is 0.154. The highest BCUT2D eigenvalue weighted by atomic mass is 19.1. The third-order valence-electron chi connectivity index (χ3n) is 2.63. The van der Waals surface area contributed by atoms with E-state index in [4.69, 9.17) is 4.42 Å². The van der Waals surface area contributed by atoms with Gasteiger partial charge in [-0.1, -0.05) is 0 Å². The van der Waals surface area contributed by atoms with Crippen LogP contribution in [0.2, 0.25) is 0 Å². The molecule has 3 aromatic rings. The van der Waals surface area contributed by atoms with Gasteiger partial charge in [0, 0.05) is 18.7 Å².